The third kappa shape index (κ3) is 2.66. The van der Waals surface area contributed by atoms with Crippen LogP contribution in [0.25, 0.3) is 0 Å². The highest BCUT2D eigenvalue weighted by Gasteiger charge is 2.13. The minimum absolute atomic E-state index is 0.114. The molecule has 0 amide bonds. The van der Waals surface area contributed by atoms with Crippen molar-refractivity contribution in [2.45, 2.75) is 12.8 Å². The lowest BCUT2D eigenvalue weighted by atomic mass is 9.92. The number of carbonyl (C=O) groups excluding carboxylic acids is 2. The molecular weight excluding hydrogens is 232 g/mol. The lowest BCUT2D eigenvalue weighted by molar-refractivity contribution is -0.255. The van der Waals surface area contributed by atoms with E-state index >= 15 is 0 Å². The number of rotatable bonds is 6. The second-order valence-corrected chi connectivity index (χ2v) is 3.69. The fourth-order valence-electron chi connectivity index (χ4n) is 1.82. The molecule has 0 saturated heterocycles. The summed E-state index contributed by atoms with van der Waals surface area (Å²) in [5.74, 6) is -2.83. The molecule has 0 fully saturated rings. The van der Waals surface area contributed by atoms with Crippen molar-refractivity contribution in [1.29, 1.82) is 0 Å². The van der Waals surface area contributed by atoms with Crippen molar-refractivity contribution in [2.24, 2.45) is 0 Å². The highest BCUT2D eigenvalue weighted by atomic mass is 16.4. The molecule has 0 saturated carbocycles. The van der Waals surface area contributed by atoms with Crippen LogP contribution in [0.4, 0.5) is 0 Å². The molecule has 0 aliphatic rings. The fourth-order valence-corrected chi connectivity index (χ4v) is 1.82. The van der Waals surface area contributed by atoms with Gasteiger partial charge in [0.15, 0.2) is 0 Å². The van der Waals surface area contributed by atoms with E-state index in [1.165, 1.54) is 24.3 Å². The number of carboxylic acid groups (broad SMARTS) is 2. The third-order valence-corrected chi connectivity index (χ3v) is 2.54. The molecule has 1 rings (SSSR count). The van der Waals surface area contributed by atoms with Gasteiger partial charge in [-0.25, -0.2) is 0 Å². The van der Waals surface area contributed by atoms with Gasteiger partial charge in [-0.2, -0.15) is 0 Å². The van der Waals surface area contributed by atoms with Gasteiger partial charge in [0, 0.05) is 11.1 Å². The van der Waals surface area contributed by atoms with E-state index in [0.29, 0.717) is 12.0 Å². The molecule has 4 heteroatoms. The molecule has 18 heavy (non-hydrogen) atoms. The SMILES string of the molecule is C=CCc1ccc(C(=O)[O-])c(CC=C)c1C(=O)[O-]. The van der Waals surface area contributed by atoms with E-state index < -0.39 is 11.9 Å². The Balaban J connectivity index is 3.58. The Bertz CT molecular complexity index is 515. The van der Waals surface area contributed by atoms with Crippen LogP contribution in [0.15, 0.2) is 37.4 Å². The number of benzene rings is 1. The lowest BCUT2D eigenvalue weighted by Gasteiger charge is -2.18. The molecule has 0 aromatic heterocycles. The van der Waals surface area contributed by atoms with Gasteiger partial charge in [0.05, 0.1) is 11.9 Å². The smallest absolute Gasteiger partial charge is 0.0721 e. The van der Waals surface area contributed by atoms with Gasteiger partial charge in [0.1, 0.15) is 0 Å². The number of carbonyl (C=O) groups is 2. The minimum atomic E-state index is -1.42. The van der Waals surface area contributed by atoms with Crippen molar-refractivity contribution >= 4 is 11.9 Å². The van der Waals surface area contributed by atoms with E-state index in [1.54, 1.807) is 0 Å². The molecule has 4 nitrogen and oxygen atoms in total. The van der Waals surface area contributed by atoms with Gasteiger partial charge in [-0.3, -0.25) is 0 Å². The first kappa shape index (κ1) is 13.7. The summed E-state index contributed by atoms with van der Waals surface area (Å²) in [4.78, 5) is 22.1. The number of carboxylic acids is 2. The van der Waals surface area contributed by atoms with Crippen molar-refractivity contribution in [1.82, 2.24) is 0 Å². The summed E-state index contributed by atoms with van der Waals surface area (Å²) >= 11 is 0. The maximum absolute atomic E-state index is 11.2. The maximum atomic E-state index is 11.2. The molecule has 1 aromatic carbocycles. The van der Waals surface area contributed by atoms with E-state index in [-0.39, 0.29) is 23.1 Å². The summed E-state index contributed by atoms with van der Waals surface area (Å²) in [5, 5.41) is 22.1. The van der Waals surface area contributed by atoms with Crippen LogP contribution in [0.1, 0.15) is 31.8 Å². The van der Waals surface area contributed by atoms with Gasteiger partial charge in [0.25, 0.3) is 0 Å². The van der Waals surface area contributed by atoms with Crippen LogP contribution >= 0.6 is 0 Å². The van der Waals surface area contributed by atoms with Crippen LogP contribution in [0.5, 0.6) is 0 Å². The summed E-state index contributed by atoms with van der Waals surface area (Å²) in [6.45, 7) is 7.01. The molecule has 0 spiro atoms. The van der Waals surface area contributed by atoms with Crippen LogP contribution in [-0.2, 0) is 12.8 Å². The van der Waals surface area contributed by atoms with Crippen LogP contribution in [0.2, 0.25) is 0 Å². The Hall–Kier alpha value is -2.36. The molecular formula is C14H12O4-2. The number of allylic oxidation sites excluding steroid dienone is 2. The third-order valence-electron chi connectivity index (χ3n) is 2.54. The van der Waals surface area contributed by atoms with Crippen LogP contribution in [0.3, 0.4) is 0 Å². The largest absolute Gasteiger partial charge is 0.545 e. The predicted octanol–water partition coefficient (Wildman–Crippen LogP) is -0.129. The van der Waals surface area contributed by atoms with Crippen LogP contribution < -0.4 is 10.2 Å². The quantitative estimate of drug-likeness (QED) is 0.653. The molecule has 0 N–H and O–H groups in total. The van der Waals surface area contributed by atoms with Crippen LogP contribution in [-0.4, -0.2) is 11.9 Å². The van der Waals surface area contributed by atoms with Crippen molar-refractivity contribution in [3.05, 3.63) is 59.7 Å². The van der Waals surface area contributed by atoms with Gasteiger partial charge < -0.3 is 19.8 Å². The van der Waals surface area contributed by atoms with Crippen molar-refractivity contribution in [3.8, 4) is 0 Å². The first-order valence-electron chi connectivity index (χ1n) is 5.32. The Labute approximate surface area is 105 Å². The Morgan fingerprint density at radius 3 is 2.11 bits per heavy atom. The van der Waals surface area contributed by atoms with E-state index in [1.807, 2.05) is 0 Å². The summed E-state index contributed by atoms with van der Waals surface area (Å²) in [6.07, 6.45) is 3.42. The van der Waals surface area contributed by atoms with E-state index in [4.69, 9.17) is 0 Å². The molecule has 1 aromatic rings. The van der Waals surface area contributed by atoms with Gasteiger partial charge >= 0.3 is 0 Å². The van der Waals surface area contributed by atoms with Crippen molar-refractivity contribution in [2.75, 3.05) is 0 Å². The minimum Gasteiger partial charge on any atom is -0.545 e. The highest BCUT2D eigenvalue weighted by Crippen LogP contribution is 2.21. The first-order chi connectivity index (χ1) is 8.52. The average Bonchev–Trinajstić information content (AvgIpc) is 2.29. The molecule has 0 heterocycles. The van der Waals surface area contributed by atoms with E-state index in [9.17, 15) is 19.8 Å². The molecule has 0 unspecified atom stereocenters. The lowest BCUT2D eigenvalue weighted by Crippen LogP contribution is -2.29. The number of hydrogen-bond acceptors (Lipinski definition) is 4. The zero-order valence-corrected chi connectivity index (χ0v) is 9.77. The van der Waals surface area contributed by atoms with Gasteiger partial charge in [-0.15, -0.1) is 13.2 Å². The Kier molecular flexibility index (Phi) is 4.43. The number of hydrogen-bond donors (Lipinski definition) is 0. The molecule has 0 radical (unpaired) electrons. The topological polar surface area (TPSA) is 80.3 Å². The molecule has 0 aliphatic carbocycles. The number of aromatic carboxylic acids is 2. The van der Waals surface area contributed by atoms with Gasteiger partial charge in [0.2, 0.25) is 0 Å². The van der Waals surface area contributed by atoms with Crippen molar-refractivity contribution < 1.29 is 19.8 Å². The Morgan fingerprint density at radius 2 is 1.67 bits per heavy atom. The van der Waals surface area contributed by atoms with Gasteiger partial charge in [-0.05, 0) is 24.0 Å². The molecule has 0 bridgehead atoms. The fraction of sp³-hybridized carbons (Fsp3) is 0.143. The maximum Gasteiger partial charge on any atom is 0.0721 e. The summed E-state index contributed by atoms with van der Waals surface area (Å²) in [6, 6.07) is 2.77. The van der Waals surface area contributed by atoms with Gasteiger partial charge in [-0.1, -0.05) is 24.3 Å². The van der Waals surface area contributed by atoms with Crippen LogP contribution in [0, 0.1) is 0 Å². The van der Waals surface area contributed by atoms with E-state index in [2.05, 4.69) is 13.2 Å². The predicted molar refractivity (Wildman–Crippen MR) is 62.9 cm³/mol. The molecule has 0 atom stereocenters. The normalized spacial score (nSPS) is 9.78. The second kappa shape index (κ2) is 5.82. The van der Waals surface area contributed by atoms with E-state index in [0.717, 1.165) is 0 Å². The second-order valence-electron chi connectivity index (χ2n) is 3.69. The zero-order valence-electron chi connectivity index (χ0n) is 9.77. The monoisotopic (exact) mass is 244 g/mol. The summed E-state index contributed by atoms with van der Waals surface area (Å²) in [5.41, 5.74) is 0.356. The molecule has 94 valence electrons. The Morgan fingerprint density at radius 1 is 1.06 bits per heavy atom. The average molecular weight is 244 g/mol. The highest BCUT2D eigenvalue weighted by molar-refractivity contribution is 5.96. The van der Waals surface area contributed by atoms with Crippen molar-refractivity contribution in [3.63, 3.8) is 0 Å². The molecule has 0 aliphatic heterocycles. The zero-order chi connectivity index (χ0) is 13.7. The first-order valence-corrected chi connectivity index (χ1v) is 5.32. The standard InChI is InChI=1S/C14H14O4/c1-3-5-9-7-8-11(13(15)16)10(6-4-2)12(9)14(17)18/h3-4,7-8H,1-2,5-6H2,(H,15,16)(H,17,18)/p-2. The summed E-state index contributed by atoms with van der Waals surface area (Å²) < 4.78 is 0. The summed E-state index contributed by atoms with van der Waals surface area (Å²) in [7, 11) is 0.